The number of thioether (sulfide) groups is 1. The van der Waals surface area contributed by atoms with Gasteiger partial charge in [-0.2, -0.15) is 0 Å². The molecule has 1 saturated heterocycles. The molecule has 1 aliphatic rings. The predicted octanol–water partition coefficient (Wildman–Crippen LogP) is 5.73. The summed E-state index contributed by atoms with van der Waals surface area (Å²) in [5, 5.41) is 1.63. The van der Waals surface area contributed by atoms with E-state index in [0.29, 0.717) is 11.4 Å². The Hall–Kier alpha value is -3.29. The molecule has 4 aromatic rings. The van der Waals surface area contributed by atoms with Crippen molar-refractivity contribution in [3.63, 3.8) is 0 Å². The largest absolute Gasteiger partial charge is 0.295 e. The van der Waals surface area contributed by atoms with E-state index >= 15 is 0 Å². The molecular weight excluding hydrogens is 452 g/mol. The number of rotatable bonds is 5. The van der Waals surface area contributed by atoms with Crippen LogP contribution in [-0.2, 0) is 14.8 Å². The van der Waals surface area contributed by atoms with Crippen molar-refractivity contribution in [2.75, 3.05) is 15.4 Å². The van der Waals surface area contributed by atoms with Gasteiger partial charge < -0.3 is 0 Å². The van der Waals surface area contributed by atoms with E-state index in [4.69, 9.17) is 0 Å². The van der Waals surface area contributed by atoms with E-state index in [1.165, 1.54) is 11.8 Å². The van der Waals surface area contributed by atoms with Gasteiger partial charge in [-0.1, -0.05) is 60.2 Å². The molecule has 0 saturated carbocycles. The summed E-state index contributed by atoms with van der Waals surface area (Å²) in [7, 11) is -3.76. The van der Waals surface area contributed by atoms with Gasteiger partial charge in [0, 0.05) is 11.4 Å². The third-order valence-corrected chi connectivity index (χ3v) is 8.23. The number of hydrogen-bond acceptors (Lipinski definition) is 4. The zero-order valence-electron chi connectivity index (χ0n) is 17.9. The van der Waals surface area contributed by atoms with Gasteiger partial charge in [0.15, 0.2) is 0 Å². The number of hydrogen-bond donors (Lipinski definition) is 1. The van der Waals surface area contributed by atoms with Crippen molar-refractivity contribution >= 4 is 49.8 Å². The summed E-state index contributed by atoms with van der Waals surface area (Å²) in [6.45, 7) is 2.01. The van der Waals surface area contributed by atoms with Crippen molar-refractivity contribution in [2.24, 2.45) is 0 Å². The highest BCUT2D eigenvalue weighted by Crippen LogP contribution is 2.42. The minimum Gasteiger partial charge on any atom is -0.295 e. The van der Waals surface area contributed by atoms with E-state index in [2.05, 4.69) is 4.72 Å². The van der Waals surface area contributed by atoms with Crippen LogP contribution in [0.2, 0.25) is 0 Å². The van der Waals surface area contributed by atoms with Gasteiger partial charge in [-0.15, -0.1) is 11.8 Å². The molecular formula is C26H22N2O3S2. The topological polar surface area (TPSA) is 66.5 Å². The van der Waals surface area contributed by atoms with Crippen LogP contribution in [0.1, 0.15) is 16.5 Å². The van der Waals surface area contributed by atoms with Gasteiger partial charge in [0.05, 0.1) is 10.6 Å². The zero-order valence-corrected chi connectivity index (χ0v) is 19.6. The van der Waals surface area contributed by atoms with Gasteiger partial charge in [-0.05, 0) is 59.7 Å². The molecule has 4 aromatic carbocycles. The average molecular weight is 475 g/mol. The summed E-state index contributed by atoms with van der Waals surface area (Å²) in [5.74, 6) is 0.419. The van der Waals surface area contributed by atoms with E-state index in [1.54, 1.807) is 35.2 Å². The Kier molecular flexibility index (Phi) is 5.60. The molecule has 1 atom stereocenters. The number of nitrogens with zero attached hydrogens (tertiary/aromatic N) is 1. The first-order valence-corrected chi connectivity index (χ1v) is 13.1. The Morgan fingerprint density at radius 2 is 1.64 bits per heavy atom. The fourth-order valence-corrected chi connectivity index (χ4v) is 6.21. The minimum absolute atomic E-state index is 0.0380. The summed E-state index contributed by atoms with van der Waals surface area (Å²) < 4.78 is 28.8. The molecule has 1 amide bonds. The number of carbonyl (C=O) groups is 1. The van der Waals surface area contributed by atoms with Crippen LogP contribution in [0.15, 0.2) is 95.9 Å². The molecule has 5 rings (SSSR count). The number of anilines is 2. The van der Waals surface area contributed by atoms with Gasteiger partial charge in [0.1, 0.15) is 5.37 Å². The first-order chi connectivity index (χ1) is 15.9. The lowest BCUT2D eigenvalue weighted by Gasteiger charge is -2.25. The van der Waals surface area contributed by atoms with E-state index in [9.17, 15) is 13.2 Å². The Bertz CT molecular complexity index is 1450. The second kappa shape index (κ2) is 8.57. The number of sulfonamides is 1. The van der Waals surface area contributed by atoms with Crippen LogP contribution in [0.3, 0.4) is 0 Å². The van der Waals surface area contributed by atoms with Gasteiger partial charge >= 0.3 is 0 Å². The van der Waals surface area contributed by atoms with Crippen LogP contribution in [-0.4, -0.2) is 20.1 Å². The van der Waals surface area contributed by atoms with Gasteiger partial charge in [-0.25, -0.2) is 8.42 Å². The maximum Gasteiger partial charge on any atom is 0.261 e. The van der Waals surface area contributed by atoms with E-state index in [0.717, 1.165) is 27.6 Å². The summed E-state index contributed by atoms with van der Waals surface area (Å²) in [6.07, 6.45) is 0. The smallest absolute Gasteiger partial charge is 0.261 e. The van der Waals surface area contributed by atoms with Gasteiger partial charge in [0.2, 0.25) is 5.91 Å². The number of fused-ring (bicyclic) bond motifs is 1. The molecule has 1 unspecified atom stereocenters. The van der Waals surface area contributed by atoms with Crippen LogP contribution in [0.25, 0.3) is 10.8 Å². The maximum absolute atomic E-state index is 13.1. The molecule has 7 heteroatoms. The maximum atomic E-state index is 13.1. The molecule has 0 aliphatic carbocycles. The van der Waals surface area contributed by atoms with Crippen LogP contribution in [0.5, 0.6) is 0 Å². The number of benzene rings is 4. The van der Waals surface area contributed by atoms with E-state index in [1.807, 2.05) is 67.6 Å². The number of amides is 1. The molecule has 33 heavy (non-hydrogen) atoms. The summed E-state index contributed by atoms with van der Waals surface area (Å²) in [5.41, 5.74) is 3.29. The zero-order chi connectivity index (χ0) is 23.0. The standard InChI is InChI=1S/C26H22N2O3S2/c1-18-9-12-23(13-10-18)28-25(29)17-32-26(28)21-7-4-8-22(15-21)27-33(30,31)24-14-11-19-5-2-3-6-20(19)16-24/h2-16,26-27H,17H2,1H3. The molecule has 0 radical (unpaired) electrons. The highest BCUT2D eigenvalue weighted by Gasteiger charge is 2.34. The average Bonchev–Trinajstić information content (AvgIpc) is 3.20. The molecule has 1 fully saturated rings. The lowest BCUT2D eigenvalue weighted by molar-refractivity contribution is -0.115. The summed E-state index contributed by atoms with van der Waals surface area (Å²) >= 11 is 1.53. The third-order valence-electron chi connectivity index (χ3n) is 5.64. The predicted molar refractivity (Wildman–Crippen MR) is 135 cm³/mol. The van der Waals surface area contributed by atoms with Crippen molar-refractivity contribution in [3.05, 3.63) is 102 Å². The summed E-state index contributed by atoms with van der Waals surface area (Å²) in [4.78, 5) is 14.6. The number of nitrogens with one attached hydrogen (secondary N) is 1. The lowest BCUT2D eigenvalue weighted by atomic mass is 10.1. The second-order valence-electron chi connectivity index (χ2n) is 8.00. The van der Waals surface area contributed by atoms with Crippen LogP contribution >= 0.6 is 11.8 Å². The van der Waals surface area contributed by atoms with Crippen LogP contribution < -0.4 is 9.62 Å². The van der Waals surface area contributed by atoms with Crippen LogP contribution in [0, 0.1) is 6.92 Å². The first kappa shape index (κ1) is 21.6. The Balaban J connectivity index is 1.43. The third kappa shape index (κ3) is 4.34. The summed E-state index contributed by atoms with van der Waals surface area (Å²) in [6, 6.07) is 27.8. The van der Waals surface area contributed by atoms with Crippen molar-refractivity contribution < 1.29 is 13.2 Å². The molecule has 1 aliphatic heterocycles. The lowest BCUT2D eigenvalue weighted by Crippen LogP contribution is -2.27. The molecule has 0 aromatic heterocycles. The normalized spacial score (nSPS) is 16.3. The molecule has 1 N–H and O–H groups in total. The van der Waals surface area contributed by atoms with Crippen molar-refractivity contribution in [1.29, 1.82) is 0 Å². The van der Waals surface area contributed by atoms with Crippen LogP contribution in [0.4, 0.5) is 11.4 Å². The SMILES string of the molecule is Cc1ccc(N2C(=O)CSC2c2cccc(NS(=O)(=O)c3ccc4ccccc4c3)c2)cc1. The quantitative estimate of drug-likeness (QED) is 0.401. The second-order valence-corrected chi connectivity index (χ2v) is 10.8. The number of carbonyl (C=O) groups excluding carboxylic acids is 1. The minimum atomic E-state index is -3.76. The van der Waals surface area contributed by atoms with Crippen molar-refractivity contribution in [2.45, 2.75) is 17.2 Å². The van der Waals surface area contributed by atoms with Gasteiger partial charge in [-0.3, -0.25) is 14.4 Å². The highest BCUT2D eigenvalue weighted by molar-refractivity contribution is 8.00. The molecule has 1 heterocycles. The Labute approximate surface area is 197 Å². The highest BCUT2D eigenvalue weighted by atomic mass is 32.2. The fraction of sp³-hybridized carbons (Fsp3) is 0.115. The molecule has 166 valence electrons. The van der Waals surface area contributed by atoms with Crippen molar-refractivity contribution in [1.82, 2.24) is 0 Å². The molecule has 5 nitrogen and oxygen atoms in total. The van der Waals surface area contributed by atoms with E-state index in [-0.39, 0.29) is 16.2 Å². The fourth-order valence-electron chi connectivity index (χ4n) is 3.96. The van der Waals surface area contributed by atoms with E-state index < -0.39 is 10.0 Å². The Morgan fingerprint density at radius 3 is 2.42 bits per heavy atom. The Morgan fingerprint density at radius 1 is 0.879 bits per heavy atom. The van der Waals surface area contributed by atoms with Crippen molar-refractivity contribution in [3.8, 4) is 0 Å². The molecule has 0 spiro atoms. The number of aryl methyl sites for hydroxylation is 1. The molecule has 0 bridgehead atoms. The van der Waals surface area contributed by atoms with Gasteiger partial charge in [0.25, 0.3) is 10.0 Å². The first-order valence-electron chi connectivity index (χ1n) is 10.5. The monoisotopic (exact) mass is 474 g/mol.